The van der Waals surface area contributed by atoms with Gasteiger partial charge in [0.05, 0.1) is 19.4 Å². The van der Waals surface area contributed by atoms with Gasteiger partial charge < -0.3 is 14.0 Å². The molecule has 8 heteroatoms. The molecule has 0 saturated carbocycles. The van der Waals surface area contributed by atoms with Gasteiger partial charge in [0.1, 0.15) is 5.01 Å². The van der Waals surface area contributed by atoms with Crippen molar-refractivity contribution < 1.29 is 9.47 Å². The summed E-state index contributed by atoms with van der Waals surface area (Å²) in [5, 5.41) is 12.9. The molecule has 0 amide bonds. The number of nitrogens with zero attached hydrogens (tertiary/aromatic N) is 4. The molecule has 6 nitrogen and oxygen atoms in total. The summed E-state index contributed by atoms with van der Waals surface area (Å²) in [4.78, 5) is 4.82. The Labute approximate surface area is 196 Å². The molecule has 0 atom stereocenters. The Morgan fingerprint density at radius 3 is 2.66 bits per heavy atom. The number of ether oxygens (including phenoxy) is 2. The monoisotopic (exact) mass is 466 g/mol. The molecule has 0 fully saturated rings. The first kappa shape index (κ1) is 22.4. The number of rotatable bonds is 9. The van der Waals surface area contributed by atoms with E-state index in [1.54, 1.807) is 30.2 Å². The van der Waals surface area contributed by atoms with Gasteiger partial charge in [0.25, 0.3) is 0 Å². The summed E-state index contributed by atoms with van der Waals surface area (Å²) in [5.41, 5.74) is 4.34. The minimum Gasteiger partial charge on any atom is -0.493 e. The number of hydrogen-bond acceptors (Lipinski definition) is 7. The predicted molar refractivity (Wildman–Crippen MR) is 131 cm³/mol. The number of aryl methyl sites for hydroxylation is 1. The lowest BCUT2D eigenvalue weighted by molar-refractivity contribution is 0.311. The smallest absolute Gasteiger partial charge is 0.191 e. The van der Waals surface area contributed by atoms with E-state index < -0.39 is 0 Å². The molecule has 2 aromatic carbocycles. The molecule has 0 saturated heterocycles. The van der Waals surface area contributed by atoms with E-state index in [1.807, 2.05) is 25.1 Å². The SMILES string of the molecule is CCOc1ccc(-c2nc(CSc3nnc(-c4cccc(C)c4)n3CC)cs2)cc1OC. The summed E-state index contributed by atoms with van der Waals surface area (Å²) in [5.74, 6) is 3.10. The van der Waals surface area contributed by atoms with Gasteiger partial charge in [-0.15, -0.1) is 21.5 Å². The molecular formula is C24H26N4O2S2. The summed E-state index contributed by atoms with van der Waals surface area (Å²) in [6.07, 6.45) is 0. The second-order valence-electron chi connectivity index (χ2n) is 7.15. The van der Waals surface area contributed by atoms with E-state index in [9.17, 15) is 0 Å². The molecule has 0 bridgehead atoms. The lowest BCUT2D eigenvalue weighted by Crippen LogP contribution is -2.00. The lowest BCUT2D eigenvalue weighted by atomic mass is 10.1. The quantitative estimate of drug-likeness (QED) is 0.278. The molecule has 32 heavy (non-hydrogen) atoms. The topological polar surface area (TPSA) is 62.1 Å². The molecule has 0 aliphatic rings. The fourth-order valence-corrected chi connectivity index (χ4v) is 5.21. The molecule has 0 N–H and O–H groups in total. The van der Waals surface area contributed by atoms with E-state index in [4.69, 9.17) is 14.5 Å². The molecule has 0 aliphatic heterocycles. The van der Waals surface area contributed by atoms with Crippen LogP contribution >= 0.6 is 23.1 Å². The van der Waals surface area contributed by atoms with Crippen LogP contribution in [0.4, 0.5) is 0 Å². The van der Waals surface area contributed by atoms with Crippen LogP contribution in [0, 0.1) is 6.92 Å². The highest BCUT2D eigenvalue weighted by Crippen LogP contribution is 2.35. The second kappa shape index (κ2) is 10.2. The van der Waals surface area contributed by atoms with Gasteiger partial charge in [0, 0.05) is 28.8 Å². The number of thioether (sulfide) groups is 1. The Balaban J connectivity index is 1.49. The van der Waals surface area contributed by atoms with Crippen LogP contribution in [-0.2, 0) is 12.3 Å². The van der Waals surface area contributed by atoms with Crippen molar-refractivity contribution in [1.82, 2.24) is 19.7 Å². The van der Waals surface area contributed by atoms with Gasteiger partial charge in [-0.3, -0.25) is 0 Å². The van der Waals surface area contributed by atoms with E-state index >= 15 is 0 Å². The van der Waals surface area contributed by atoms with Crippen LogP contribution in [0.15, 0.2) is 53.0 Å². The van der Waals surface area contributed by atoms with Crippen molar-refractivity contribution in [3.63, 3.8) is 0 Å². The zero-order valence-electron chi connectivity index (χ0n) is 18.7. The van der Waals surface area contributed by atoms with E-state index in [0.717, 1.165) is 56.6 Å². The minimum atomic E-state index is 0.600. The third-order valence-electron chi connectivity index (χ3n) is 4.92. The van der Waals surface area contributed by atoms with Gasteiger partial charge in [0.15, 0.2) is 22.5 Å². The third-order valence-corrected chi connectivity index (χ3v) is 6.86. The standard InChI is InChI=1S/C24H26N4O2S2/c1-5-28-22(17-9-7-8-16(3)12-17)26-27-24(28)32-15-19-14-31-23(25-19)18-10-11-20(30-6-2)21(13-18)29-4/h7-14H,5-6,15H2,1-4H3. The summed E-state index contributed by atoms with van der Waals surface area (Å²) >= 11 is 3.28. The molecule has 4 aromatic rings. The maximum absolute atomic E-state index is 5.61. The van der Waals surface area contributed by atoms with Gasteiger partial charge in [-0.1, -0.05) is 35.5 Å². The van der Waals surface area contributed by atoms with Gasteiger partial charge in [-0.2, -0.15) is 0 Å². The van der Waals surface area contributed by atoms with Crippen LogP contribution in [0.25, 0.3) is 22.0 Å². The first-order valence-electron chi connectivity index (χ1n) is 10.5. The first-order valence-corrected chi connectivity index (χ1v) is 12.4. The molecule has 0 aliphatic carbocycles. The van der Waals surface area contributed by atoms with Crippen molar-refractivity contribution in [1.29, 1.82) is 0 Å². The van der Waals surface area contributed by atoms with Crippen LogP contribution in [0.1, 0.15) is 25.1 Å². The van der Waals surface area contributed by atoms with Crippen molar-refractivity contribution in [2.45, 2.75) is 38.2 Å². The number of hydrogen-bond donors (Lipinski definition) is 0. The van der Waals surface area contributed by atoms with E-state index in [-0.39, 0.29) is 0 Å². The molecule has 0 unspecified atom stereocenters. The highest BCUT2D eigenvalue weighted by molar-refractivity contribution is 7.98. The van der Waals surface area contributed by atoms with E-state index in [2.05, 4.69) is 58.3 Å². The fourth-order valence-electron chi connectivity index (χ4n) is 3.40. The van der Waals surface area contributed by atoms with Crippen molar-refractivity contribution in [3.05, 3.63) is 59.1 Å². The zero-order chi connectivity index (χ0) is 22.5. The number of benzene rings is 2. The lowest BCUT2D eigenvalue weighted by Gasteiger charge is -2.10. The highest BCUT2D eigenvalue weighted by Gasteiger charge is 2.15. The van der Waals surface area contributed by atoms with E-state index in [1.165, 1.54) is 5.56 Å². The van der Waals surface area contributed by atoms with Crippen LogP contribution in [-0.4, -0.2) is 33.5 Å². The average molecular weight is 467 g/mol. The van der Waals surface area contributed by atoms with E-state index in [0.29, 0.717) is 6.61 Å². The largest absolute Gasteiger partial charge is 0.493 e. The van der Waals surface area contributed by atoms with Crippen LogP contribution < -0.4 is 9.47 Å². The van der Waals surface area contributed by atoms with Crippen molar-refractivity contribution in [2.75, 3.05) is 13.7 Å². The molecule has 2 aromatic heterocycles. The Hall–Kier alpha value is -2.84. The minimum absolute atomic E-state index is 0.600. The zero-order valence-corrected chi connectivity index (χ0v) is 20.3. The molecule has 0 spiro atoms. The fraction of sp³-hybridized carbons (Fsp3) is 0.292. The first-order chi connectivity index (χ1) is 15.6. The van der Waals surface area contributed by atoms with Gasteiger partial charge in [0.2, 0.25) is 0 Å². The van der Waals surface area contributed by atoms with Crippen LogP contribution in [0.2, 0.25) is 0 Å². The Morgan fingerprint density at radius 1 is 1.03 bits per heavy atom. The normalized spacial score (nSPS) is 11.0. The van der Waals surface area contributed by atoms with Gasteiger partial charge >= 0.3 is 0 Å². The second-order valence-corrected chi connectivity index (χ2v) is 8.95. The Kier molecular flexibility index (Phi) is 7.12. The maximum Gasteiger partial charge on any atom is 0.191 e. The van der Waals surface area contributed by atoms with Gasteiger partial charge in [-0.05, 0) is 45.0 Å². The molecule has 0 radical (unpaired) electrons. The molecular weight excluding hydrogens is 440 g/mol. The highest BCUT2D eigenvalue weighted by atomic mass is 32.2. The van der Waals surface area contributed by atoms with Crippen LogP contribution in [0.5, 0.6) is 11.5 Å². The molecule has 4 rings (SSSR count). The predicted octanol–water partition coefficient (Wildman–Crippen LogP) is 6.10. The van der Waals surface area contributed by atoms with Crippen molar-refractivity contribution in [2.24, 2.45) is 0 Å². The molecule has 166 valence electrons. The summed E-state index contributed by atoms with van der Waals surface area (Å²) in [6.45, 7) is 7.58. The number of thiazole rings is 1. The molecule has 2 heterocycles. The Bertz CT molecular complexity index is 1200. The van der Waals surface area contributed by atoms with Crippen molar-refractivity contribution in [3.8, 4) is 33.5 Å². The number of methoxy groups -OCH3 is 1. The summed E-state index contributed by atoms with van der Waals surface area (Å²) in [7, 11) is 1.65. The Morgan fingerprint density at radius 2 is 1.91 bits per heavy atom. The van der Waals surface area contributed by atoms with Crippen LogP contribution in [0.3, 0.4) is 0 Å². The maximum atomic E-state index is 5.61. The van der Waals surface area contributed by atoms with Gasteiger partial charge in [-0.25, -0.2) is 4.98 Å². The van der Waals surface area contributed by atoms with Crippen molar-refractivity contribution >= 4 is 23.1 Å². The number of aromatic nitrogens is 4. The summed E-state index contributed by atoms with van der Waals surface area (Å²) < 4.78 is 13.2. The summed E-state index contributed by atoms with van der Waals surface area (Å²) in [6, 6.07) is 14.3. The average Bonchev–Trinajstić information content (AvgIpc) is 3.45. The third kappa shape index (κ3) is 4.81.